The number of rotatable bonds is 3. The Labute approximate surface area is 167 Å². The lowest BCUT2D eigenvalue weighted by atomic mass is 10.0. The van der Waals surface area contributed by atoms with E-state index >= 15 is 0 Å². The topological polar surface area (TPSA) is 75.4 Å². The van der Waals surface area contributed by atoms with Crippen LogP contribution >= 0.6 is 11.3 Å². The molecule has 28 heavy (non-hydrogen) atoms. The summed E-state index contributed by atoms with van der Waals surface area (Å²) in [5.74, 6) is -0.382. The summed E-state index contributed by atoms with van der Waals surface area (Å²) in [5, 5.41) is 9.93. The van der Waals surface area contributed by atoms with Gasteiger partial charge in [0, 0.05) is 11.6 Å². The summed E-state index contributed by atoms with van der Waals surface area (Å²) in [7, 11) is 2.09. The van der Waals surface area contributed by atoms with Crippen LogP contribution in [-0.2, 0) is 0 Å². The average molecular weight is 398 g/mol. The number of likely N-dealkylation sites (tertiary alicyclic amines) is 1. The first-order valence-electron chi connectivity index (χ1n) is 9.41. The molecule has 3 aromatic rings. The molecule has 3 heterocycles. The fourth-order valence-electron chi connectivity index (χ4n) is 3.90. The highest BCUT2D eigenvalue weighted by Crippen LogP contribution is 2.32. The Morgan fingerprint density at radius 2 is 1.82 bits per heavy atom. The monoisotopic (exact) mass is 397 g/mol. The van der Waals surface area contributed by atoms with Crippen LogP contribution in [0, 0.1) is 13.8 Å². The molecule has 1 fully saturated rings. The van der Waals surface area contributed by atoms with Crippen molar-refractivity contribution in [2.75, 3.05) is 20.1 Å². The molecular weight excluding hydrogens is 374 g/mol. The van der Waals surface area contributed by atoms with Crippen molar-refractivity contribution in [2.24, 2.45) is 0 Å². The first-order valence-corrected chi connectivity index (χ1v) is 10.2. The van der Waals surface area contributed by atoms with E-state index in [2.05, 4.69) is 11.9 Å². The number of hydrogen-bond donors (Lipinski definition) is 1. The largest absolute Gasteiger partial charge is 0.477 e. The standard InChI is InChI=1S/C21H23N3O3S/c1-12-4-6-14(7-5-12)18-22-19-16(13(2)17(28-19)21(26)27)20(25)24(18)15-8-10-23(3)11-9-15/h4-7,15H,8-11H2,1-3H3,(H,26,27). The van der Waals surface area contributed by atoms with Gasteiger partial charge in [0.05, 0.1) is 5.39 Å². The molecule has 0 amide bonds. The van der Waals surface area contributed by atoms with Gasteiger partial charge in [-0.05, 0) is 52.4 Å². The number of piperidine rings is 1. The predicted octanol–water partition coefficient (Wildman–Crippen LogP) is 3.71. The summed E-state index contributed by atoms with van der Waals surface area (Å²) in [6, 6.07) is 8.03. The molecule has 0 saturated carbocycles. The van der Waals surface area contributed by atoms with E-state index in [4.69, 9.17) is 4.98 Å². The van der Waals surface area contributed by atoms with Crippen LogP contribution < -0.4 is 5.56 Å². The van der Waals surface area contributed by atoms with Gasteiger partial charge in [-0.1, -0.05) is 29.8 Å². The first-order chi connectivity index (χ1) is 13.4. The van der Waals surface area contributed by atoms with E-state index in [-0.39, 0.29) is 16.5 Å². The number of fused-ring (bicyclic) bond motifs is 1. The molecule has 2 aromatic heterocycles. The third-order valence-corrected chi connectivity index (χ3v) is 6.73. The predicted molar refractivity (Wildman–Crippen MR) is 112 cm³/mol. The molecule has 0 aliphatic carbocycles. The molecule has 0 bridgehead atoms. The zero-order chi connectivity index (χ0) is 20.0. The zero-order valence-electron chi connectivity index (χ0n) is 16.2. The van der Waals surface area contributed by atoms with Crippen molar-refractivity contribution in [1.29, 1.82) is 0 Å². The van der Waals surface area contributed by atoms with Crippen molar-refractivity contribution in [3.8, 4) is 11.4 Å². The molecule has 7 heteroatoms. The molecule has 4 rings (SSSR count). The average Bonchev–Trinajstić information content (AvgIpc) is 3.00. The second-order valence-electron chi connectivity index (χ2n) is 7.55. The number of aryl methyl sites for hydroxylation is 2. The summed E-state index contributed by atoms with van der Waals surface area (Å²) in [5.41, 5.74) is 2.41. The highest BCUT2D eigenvalue weighted by Gasteiger charge is 2.27. The van der Waals surface area contributed by atoms with Crippen LogP contribution in [0.4, 0.5) is 0 Å². The number of carboxylic acid groups (broad SMARTS) is 1. The van der Waals surface area contributed by atoms with Crippen LogP contribution in [0.15, 0.2) is 29.1 Å². The molecular formula is C21H23N3O3S. The second kappa shape index (κ2) is 7.14. The van der Waals surface area contributed by atoms with E-state index in [0.717, 1.165) is 48.4 Å². The van der Waals surface area contributed by atoms with Crippen LogP contribution in [0.1, 0.15) is 39.7 Å². The van der Waals surface area contributed by atoms with Crippen molar-refractivity contribution in [3.05, 3.63) is 50.6 Å². The van der Waals surface area contributed by atoms with Gasteiger partial charge >= 0.3 is 5.97 Å². The summed E-state index contributed by atoms with van der Waals surface area (Å²) in [4.78, 5) is 32.9. The summed E-state index contributed by atoms with van der Waals surface area (Å²) >= 11 is 1.08. The zero-order valence-corrected chi connectivity index (χ0v) is 17.0. The number of aromatic nitrogens is 2. The molecule has 1 aromatic carbocycles. The number of carboxylic acids is 1. The smallest absolute Gasteiger partial charge is 0.346 e. The molecule has 1 saturated heterocycles. The number of thiophene rings is 1. The van der Waals surface area contributed by atoms with Crippen molar-refractivity contribution in [2.45, 2.75) is 32.7 Å². The maximum absolute atomic E-state index is 13.6. The van der Waals surface area contributed by atoms with E-state index in [1.165, 1.54) is 0 Å². The van der Waals surface area contributed by atoms with Gasteiger partial charge in [-0.2, -0.15) is 0 Å². The molecule has 0 atom stereocenters. The lowest BCUT2D eigenvalue weighted by Crippen LogP contribution is -2.36. The molecule has 1 aliphatic rings. The Kier molecular flexibility index (Phi) is 4.81. The third kappa shape index (κ3) is 3.14. The third-order valence-electron chi connectivity index (χ3n) is 5.55. The maximum atomic E-state index is 13.6. The molecule has 0 unspecified atom stereocenters. The lowest BCUT2D eigenvalue weighted by Gasteiger charge is -2.31. The SMILES string of the molecule is Cc1ccc(-c2nc3sc(C(=O)O)c(C)c3c(=O)n2C2CCN(C)CC2)cc1. The minimum atomic E-state index is -1.01. The summed E-state index contributed by atoms with van der Waals surface area (Å²) in [6.45, 7) is 5.57. The number of carbonyl (C=O) groups is 1. The van der Waals surface area contributed by atoms with Gasteiger partial charge in [0.25, 0.3) is 5.56 Å². The van der Waals surface area contributed by atoms with Crippen LogP contribution in [0.2, 0.25) is 0 Å². The van der Waals surface area contributed by atoms with E-state index in [1.807, 2.05) is 35.8 Å². The van der Waals surface area contributed by atoms with Crippen LogP contribution in [0.5, 0.6) is 0 Å². The number of benzene rings is 1. The summed E-state index contributed by atoms with van der Waals surface area (Å²) < 4.78 is 1.81. The van der Waals surface area contributed by atoms with Gasteiger partial charge in [-0.3, -0.25) is 9.36 Å². The van der Waals surface area contributed by atoms with Crippen molar-refractivity contribution < 1.29 is 9.90 Å². The van der Waals surface area contributed by atoms with Gasteiger partial charge in [0.2, 0.25) is 0 Å². The highest BCUT2D eigenvalue weighted by molar-refractivity contribution is 7.20. The quantitative estimate of drug-likeness (QED) is 0.729. The first kappa shape index (κ1) is 18.8. The highest BCUT2D eigenvalue weighted by atomic mass is 32.1. The Morgan fingerprint density at radius 3 is 2.43 bits per heavy atom. The van der Waals surface area contributed by atoms with E-state index in [9.17, 15) is 14.7 Å². The fourth-order valence-corrected chi connectivity index (χ4v) is 4.91. The Hall–Kier alpha value is -2.51. The van der Waals surface area contributed by atoms with Gasteiger partial charge in [-0.15, -0.1) is 11.3 Å². The number of aromatic carboxylic acids is 1. The van der Waals surface area contributed by atoms with Crippen molar-refractivity contribution in [1.82, 2.24) is 14.5 Å². The van der Waals surface area contributed by atoms with Crippen molar-refractivity contribution >= 4 is 27.5 Å². The van der Waals surface area contributed by atoms with Gasteiger partial charge in [-0.25, -0.2) is 9.78 Å². The molecule has 0 spiro atoms. The molecule has 146 valence electrons. The Balaban J connectivity index is 1.99. The van der Waals surface area contributed by atoms with Crippen LogP contribution in [0.3, 0.4) is 0 Å². The number of nitrogens with zero attached hydrogens (tertiary/aromatic N) is 3. The van der Waals surface area contributed by atoms with Gasteiger partial charge in [0.1, 0.15) is 15.5 Å². The molecule has 1 N–H and O–H groups in total. The molecule has 0 radical (unpaired) electrons. The Morgan fingerprint density at radius 1 is 1.18 bits per heavy atom. The molecule has 6 nitrogen and oxygen atoms in total. The lowest BCUT2D eigenvalue weighted by molar-refractivity contribution is 0.0701. The second-order valence-corrected chi connectivity index (χ2v) is 8.55. The van der Waals surface area contributed by atoms with Crippen LogP contribution in [0.25, 0.3) is 21.6 Å². The van der Waals surface area contributed by atoms with Crippen molar-refractivity contribution in [3.63, 3.8) is 0 Å². The van der Waals surface area contributed by atoms with E-state index in [1.54, 1.807) is 6.92 Å². The molecule has 1 aliphatic heterocycles. The van der Waals surface area contributed by atoms with Gasteiger partial charge in [0.15, 0.2) is 0 Å². The maximum Gasteiger partial charge on any atom is 0.346 e. The number of hydrogen-bond acceptors (Lipinski definition) is 5. The minimum Gasteiger partial charge on any atom is -0.477 e. The fraction of sp³-hybridized carbons (Fsp3) is 0.381. The minimum absolute atomic E-state index is 0.0597. The van der Waals surface area contributed by atoms with E-state index in [0.29, 0.717) is 21.6 Å². The van der Waals surface area contributed by atoms with Gasteiger partial charge < -0.3 is 10.0 Å². The van der Waals surface area contributed by atoms with Crippen LogP contribution in [-0.4, -0.2) is 45.7 Å². The summed E-state index contributed by atoms with van der Waals surface area (Å²) in [6.07, 6.45) is 1.74. The normalized spacial score (nSPS) is 16.0. The van der Waals surface area contributed by atoms with E-state index < -0.39 is 5.97 Å². The Bertz CT molecular complexity index is 1110.